The van der Waals surface area contributed by atoms with Crippen molar-refractivity contribution in [2.45, 2.75) is 52.4 Å². The van der Waals surface area contributed by atoms with E-state index in [1.807, 2.05) is 6.92 Å². The Morgan fingerprint density at radius 3 is 2.38 bits per heavy atom. The lowest BCUT2D eigenvalue weighted by molar-refractivity contribution is -0.151. The third-order valence-electron chi connectivity index (χ3n) is 3.51. The van der Waals surface area contributed by atoms with Gasteiger partial charge in [0.1, 0.15) is 0 Å². The van der Waals surface area contributed by atoms with Crippen molar-refractivity contribution in [3.8, 4) is 0 Å². The van der Waals surface area contributed by atoms with Crippen LogP contribution in [0, 0.1) is 11.3 Å². The summed E-state index contributed by atoms with van der Waals surface area (Å²) >= 11 is 0. The smallest absolute Gasteiger partial charge is 0.309 e. The predicted molar refractivity (Wildman–Crippen MR) is 52.6 cm³/mol. The van der Waals surface area contributed by atoms with Crippen molar-refractivity contribution in [1.29, 1.82) is 0 Å². The van der Waals surface area contributed by atoms with Crippen molar-refractivity contribution in [1.82, 2.24) is 0 Å². The molecule has 2 nitrogen and oxygen atoms in total. The fourth-order valence-electron chi connectivity index (χ4n) is 2.57. The standard InChI is InChI=1S/C11H20O2/c1-3-8-11(2,10(12)13)9-6-4-5-7-9/h9H,3-8H2,1-2H3,(H,12,13). The van der Waals surface area contributed by atoms with Crippen LogP contribution >= 0.6 is 0 Å². The summed E-state index contributed by atoms with van der Waals surface area (Å²) in [5, 5.41) is 9.22. The highest BCUT2D eigenvalue weighted by atomic mass is 16.4. The Hall–Kier alpha value is -0.530. The maximum Gasteiger partial charge on any atom is 0.309 e. The average molecular weight is 184 g/mol. The van der Waals surface area contributed by atoms with Gasteiger partial charge in [-0.25, -0.2) is 0 Å². The normalized spacial score (nSPS) is 22.9. The van der Waals surface area contributed by atoms with Gasteiger partial charge in [-0.05, 0) is 32.1 Å². The van der Waals surface area contributed by atoms with Gasteiger partial charge in [0, 0.05) is 0 Å². The van der Waals surface area contributed by atoms with E-state index in [2.05, 4.69) is 6.92 Å². The Bertz CT molecular complexity index is 183. The van der Waals surface area contributed by atoms with E-state index >= 15 is 0 Å². The minimum Gasteiger partial charge on any atom is -0.481 e. The van der Waals surface area contributed by atoms with Crippen LogP contribution in [0.2, 0.25) is 0 Å². The molecule has 0 aromatic carbocycles. The maximum absolute atomic E-state index is 11.2. The molecule has 0 aromatic rings. The minimum atomic E-state index is -0.596. The zero-order chi connectivity index (χ0) is 9.90. The molecule has 1 saturated carbocycles. The van der Waals surface area contributed by atoms with Gasteiger partial charge in [-0.2, -0.15) is 0 Å². The van der Waals surface area contributed by atoms with Gasteiger partial charge in [0.15, 0.2) is 0 Å². The van der Waals surface area contributed by atoms with Gasteiger partial charge < -0.3 is 5.11 Å². The van der Waals surface area contributed by atoms with Crippen molar-refractivity contribution >= 4 is 5.97 Å². The number of hydrogen-bond donors (Lipinski definition) is 1. The van der Waals surface area contributed by atoms with Gasteiger partial charge >= 0.3 is 5.97 Å². The molecule has 1 aliphatic carbocycles. The van der Waals surface area contributed by atoms with Gasteiger partial charge in [-0.1, -0.05) is 26.2 Å². The van der Waals surface area contributed by atoms with Crippen LogP contribution in [0.5, 0.6) is 0 Å². The largest absolute Gasteiger partial charge is 0.481 e. The average Bonchev–Trinajstić information content (AvgIpc) is 2.56. The molecule has 1 atom stereocenters. The van der Waals surface area contributed by atoms with Gasteiger partial charge in [0.2, 0.25) is 0 Å². The fraction of sp³-hybridized carbons (Fsp3) is 0.909. The third-order valence-corrected chi connectivity index (χ3v) is 3.51. The SMILES string of the molecule is CCCC(C)(C(=O)O)C1CCCC1. The predicted octanol–water partition coefficient (Wildman–Crippen LogP) is 3.07. The van der Waals surface area contributed by atoms with Crippen LogP contribution in [0.3, 0.4) is 0 Å². The van der Waals surface area contributed by atoms with E-state index < -0.39 is 11.4 Å². The lowest BCUT2D eigenvalue weighted by atomic mass is 9.73. The molecular weight excluding hydrogens is 164 g/mol. The highest BCUT2D eigenvalue weighted by molar-refractivity contribution is 5.74. The lowest BCUT2D eigenvalue weighted by Crippen LogP contribution is -2.34. The molecule has 2 heteroatoms. The van der Waals surface area contributed by atoms with Gasteiger partial charge in [-0.15, -0.1) is 0 Å². The van der Waals surface area contributed by atoms with Crippen molar-refractivity contribution in [2.24, 2.45) is 11.3 Å². The summed E-state index contributed by atoms with van der Waals surface area (Å²) in [5.74, 6) is -0.175. The molecule has 0 spiro atoms. The number of carbonyl (C=O) groups is 1. The topological polar surface area (TPSA) is 37.3 Å². The molecule has 0 amide bonds. The van der Waals surface area contributed by atoms with E-state index in [1.165, 1.54) is 12.8 Å². The number of rotatable bonds is 4. The minimum absolute atomic E-state index is 0.421. The van der Waals surface area contributed by atoms with E-state index in [4.69, 9.17) is 0 Å². The van der Waals surface area contributed by atoms with E-state index in [1.54, 1.807) is 0 Å². The summed E-state index contributed by atoms with van der Waals surface area (Å²) in [5.41, 5.74) is -0.453. The van der Waals surface area contributed by atoms with Crippen molar-refractivity contribution in [3.63, 3.8) is 0 Å². The Morgan fingerprint density at radius 1 is 1.46 bits per heavy atom. The molecule has 0 saturated heterocycles. The second-order valence-corrected chi connectivity index (χ2v) is 4.45. The van der Waals surface area contributed by atoms with Crippen LogP contribution in [0.4, 0.5) is 0 Å². The Labute approximate surface area is 80.3 Å². The Morgan fingerprint density at radius 2 is 2.00 bits per heavy atom. The van der Waals surface area contributed by atoms with Gasteiger partial charge in [0.05, 0.1) is 5.41 Å². The van der Waals surface area contributed by atoms with Crippen molar-refractivity contribution in [2.75, 3.05) is 0 Å². The summed E-state index contributed by atoms with van der Waals surface area (Å²) in [7, 11) is 0. The molecule has 1 fully saturated rings. The van der Waals surface area contributed by atoms with Crippen molar-refractivity contribution < 1.29 is 9.90 Å². The third kappa shape index (κ3) is 2.04. The summed E-state index contributed by atoms with van der Waals surface area (Å²) < 4.78 is 0. The Kier molecular flexibility index (Phi) is 3.34. The second kappa shape index (κ2) is 4.12. The monoisotopic (exact) mass is 184 g/mol. The first-order valence-electron chi connectivity index (χ1n) is 5.34. The number of aliphatic carboxylic acids is 1. The zero-order valence-corrected chi connectivity index (χ0v) is 8.68. The molecule has 1 unspecified atom stereocenters. The summed E-state index contributed by atoms with van der Waals surface area (Å²) in [6.45, 7) is 3.99. The molecular formula is C11H20O2. The lowest BCUT2D eigenvalue weighted by Gasteiger charge is -2.30. The van der Waals surface area contributed by atoms with Crippen LogP contribution < -0.4 is 0 Å². The van der Waals surface area contributed by atoms with Crippen LogP contribution in [0.25, 0.3) is 0 Å². The van der Waals surface area contributed by atoms with E-state index in [9.17, 15) is 9.90 Å². The number of carboxylic acids is 1. The fourth-order valence-corrected chi connectivity index (χ4v) is 2.57. The Balaban J connectivity index is 2.69. The molecule has 1 rings (SSSR count). The molecule has 76 valence electrons. The van der Waals surface area contributed by atoms with Gasteiger partial charge in [0.25, 0.3) is 0 Å². The van der Waals surface area contributed by atoms with E-state index in [0.29, 0.717) is 5.92 Å². The summed E-state index contributed by atoms with van der Waals surface area (Å²) in [6, 6.07) is 0. The molecule has 0 bridgehead atoms. The molecule has 0 heterocycles. The van der Waals surface area contributed by atoms with Crippen LogP contribution in [0.15, 0.2) is 0 Å². The van der Waals surface area contributed by atoms with Crippen LogP contribution in [-0.2, 0) is 4.79 Å². The summed E-state index contributed by atoms with van der Waals surface area (Å²) in [6.07, 6.45) is 6.46. The first-order valence-corrected chi connectivity index (χ1v) is 5.34. The molecule has 0 radical (unpaired) electrons. The quantitative estimate of drug-likeness (QED) is 0.729. The van der Waals surface area contributed by atoms with Crippen molar-refractivity contribution in [3.05, 3.63) is 0 Å². The molecule has 1 aliphatic rings. The van der Waals surface area contributed by atoms with Crippen LogP contribution in [0.1, 0.15) is 52.4 Å². The second-order valence-electron chi connectivity index (χ2n) is 4.45. The van der Waals surface area contributed by atoms with E-state index in [0.717, 1.165) is 25.7 Å². The molecule has 0 aromatic heterocycles. The first kappa shape index (κ1) is 10.6. The molecule has 1 N–H and O–H groups in total. The summed E-state index contributed by atoms with van der Waals surface area (Å²) in [4.78, 5) is 11.2. The number of carboxylic acid groups (broad SMARTS) is 1. The molecule has 0 aliphatic heterocycles. The number of hydrogen-bond acceptors (Lipinski definition) is 1. The highest BCUT2D eigenvalue weighted by Gasteiger charge is 2.41. The molecule has 13 heavy (non-hydrogen) atoms. The first-order chi connectivity index (χ1) is 6.11. The zero-order valence-electron chi connectivity index (χ0n) is 8.68. The van der Waals surface area contributed by atoms with E-state index in [-0.39, 0.29) is 0 Å². The van der Waals surface area contributed by atoms with Gasteiger partial charge in [-0.3, -0.25) is 4.79 Å². The highest BCUT2D eigenvalue weighted by Crippen LogP contribution is 2.42. The van der Waals surface area contributed by atoms with Crippen LogP contribution in [-0.4, -0.2) is 11.1 Å². The maximum atomic E-state index is 11.2.